The highest BCUT2D eigenvalue weighted by Gasteiger charge is 2.23. The molecule has 0 bridgehead atoms. The number of hydrogen-bond donors (Lipinski definition) is 0. The fraction of sp³-hybridized carbons (Fsp3) is 0. The first kappa shape index (κ1) is 36.9. The number of fused-ring (bicyclic) bond motifs is 8. The SMILES string of the molecule is c1ccc(N(c2ccc(-c3ccc(-c4cccc5ccccc45)cc3)cc2)c2ccccc2-n2c3ccccc3c3ccccc32)c(-c2ccc3oc4cc5ccccc5cc4c3c2)c1. The Labute approximate surface area is 376 Å². The van der Waals surface area contributed by atoms with Gasteiger partial charge in [-0.2, -0.15) is 0 Å². The summed E-state index contributed by atoms with van der Waals surface area (Å²) < 4.78 is 8.90. The van der Waals surface area contributed by atoms with Crippen molar-refractivity contribution < 1.29 is 4.42 Å². The summed E-state index contributed by atoms with van der Waals surface area (Å²) in [5, 5.41) is 9.57. The lowest BCUT2D eigenvalue weighted by Crippen LogP contribution is -2.14. The van der Waals surface area contributed by atoms with Gasteiger partial charge < -0.3 is 13.9 Å². The molecule has 3 heteroatoms. The molecule has 0 fully saturated rings. The molecule has 0 aliphatic heterocycles. The summed E-state index contributed by atoms with van der Waals surface area (Å²) >= 11 is 0. The number of benzene rings is 11. The van der Waals surface area contributed by atoms with Crippen LogP contribution >= 0.6 is 0 Å². The van der Waals surface area contributed by atoms with Gasteiger partial charge in [-0.1, -0.05) is 176 Å². The average molecular weight is 829 g/mol. The molecule has 0 saturated heterocycles. The second-order valence-corrected chi connectivity index (χ2v) is 16.9. The highest BCUT2D eigenvalue weighted by atomic mass is 16.3. The molecular weight excluding hydrogens is 789 g/mol. The van der Waals surface area contributed by atoms with Gasteiger partial charge in [-0.3, -0.25) is 0 Å². The lowest BCUT2D eigenvalue weighted by molar-refractivity contribution is 0.669. The van der Waals surface area contributed by atoms with Crippen molar-refractivity contribution in [1.29, 1.82) is 0 Å². The zero-order valence-electron chi connectivity index (χ0n) is 35.4. The molecule has 304 valence electrons. The summed E-state index contributed by atoms with van der Waals surface area (Å²) in [5.41, 5.74) is 15.4. The van der Waals surface area contributed by atoms with Gasteiger partial charge in [0, 0.05) is 32.8 Å². The van der Waals surface area contributed by atoms with Crippen molar-refractivity contribution in [3.63, 3.8) is 0 Å². The molecule has 2 aromatic heterocycles. The molecule has 0 unspecified atom stereocenters. The van der Waals surface area contributed by atoms with Crippen molar-refractivity contribution in [3.8, 4) is 39.1 Å². The summed E-state index contributed by atoms with van der Waals surface area (Å²) in [4.78, 5) is 2.44. The predicted molar refractivity (Wildman–Crippen MR) is 274 cm³/mol. The van der Waals surface area contributed by atoms with E-state index < -0.39 is 0 Å². The van der Waals surface area contributed by atoms with Crippen molar-refractivity contribution >= 4 is 82.4 Å². The highest BCUT2D eigenvalue weighted by molar-refractivity contribution is 6.12. The standard InChI is InChI=1S/C62H40N2O/c1-2-16-46-40-62-55(38-45(46)15-1)54-39-47(34-37-61(54)65-62)51-19-5-8-23-56(51)63(59-26-11-12-27-60(59)64-57-24-9-6-20-52(57)53-21-7-10-25-58(53)64)48-35-32-42(33-36-48)41-28-30-44(31-29-41)50-22-13-17-43-14-3-4-18-49(43)50/h1-40H. The molecule has 0 amide bonds. The molecule has 0 N–H and O–H groups in total. The van der Waals surface area contributed by atoms with E-state index in [0.717, 1.165) is 61.4 Å². The number of nitrogens with zero attached hydrogens (tertiary/aromatic N) is 2. The van der Waals surface area contributed by atoms with Crippen molar-refractivity contribution in [2.75, 3.05) is 4.90 Å². The third kappa shape index (κ3) is 6.12. The first-order valence-electron chi connectivity index (χ1n) is 22.2. The Morgan fingerprint density at radius 3 is 1.58 bits per heavy atom. The largest absolute Gasteiger partial charge is 0.456 e. The number of furan rings is 1. The smallest absolute Gasteiger partial charge is 0.136 e. The van der Waals surface area contributed by atoms with Gasteiger partial charge in [0.1, 0.15) is 11.2 Å². The average Bonchev–Trinajstić information content (AvgIpc) is 3.91. The molecule has 65 heavy (non-hydrogen) atoms. The molecule has 0 aliphatic rings. The first-order chi connectivity index (χ1) is 32.2. The molecule has 0 spiro atoms. The van der Waals surface area contributed by atoms with E-state index in [4.69, 9.17) is 4.42 Å². The number of para-hydroxylation sites is 5. The van der Waals surface area contributed by atoms with E-state index in [1.165, 1.54) is 60.0 Å². The van der Waals surface area contributed by atoms with Gasteiger partial charge in [0.15, 0.2) is 0 Å². The van der Waals surface area contributed by atoms with Crippen molar-refractivity contribution in [1.82, 2.24) is 4.57 Å². The lowest BCUT2D eigenvalue weighted by Gasteiger charge is -2.30. The topological polar surface area (TPSA) is 21.3 Å². The van der Waals surface area contributed by atoms with E-state index in [9.17, 15) is 0 Å². The molecule has 13 rings (SSSR count). The van der Waals surface area contributed by atoms with Gasteiger partial charge in [0.05, 0.1) is 28.1 Å². The summed E-state index contributed by atoms with van der Waals surface area (Å²) in [5.74, 6) is 0. The maximum atomic E-state index is 6.48. The van der Waals surface area contributed by atoms with E-state index in [0.29, 0.717) is 0 Å². The molecule has 13 aromatic rings. The maximum absolute atomic E-state index is 6.48. The van der Waals surface area contributed by atoms with Crippen LogP contribution in [0.15, 0.2) is 247 Å². The summed E-state index contributed by atoms with van der Waals surface area (Å²) in [6.45, 7) is 0. The lowest BCUT2D eigenvalue weighted by atomic mass is 9.96. The quantitative estimate of drug-likeness (QED) is 0.160. The fourth-order valence-electron chi connectivity index (χ4n) is 10.1. The van der Waals surface area contributed by atoms with E-state index in [-0.39, 0.29) is 0 Å². The molecule has 2 heterocycles. The van der Waals surface area contributed by atoms with Crippen LogP contribution in [0.4, 0.5) is 17.1 Å². The van der Waals surface area contributed by atoms with E-state index in [1.807, 2.05) is 0 Å². The Morgan fingerprint density at radius 2 is 0.831 bits per heavy atom. The highest BCUT2D eigenvalue weighted by Crippen LogP contribution is 2.46. The van der Waals surface area contributed by atoms with Crippen LogP contribution in [0.2, 0.25) is 0 Å². The monoisotopic (exact) mass is 828 g/mol. The Morgan fingerprint density at radius 1 is 0.308 bits per heavy atom. The minimum Gasteiger partial charge on any atom is -0.456 e. The fourth-order valence-corrected chi connectivity index (χ4v) is 10.1. The first-order valence-corrected chi connectivity index (χ1v) is 22.2. The third-order valence-corrected chi connectivity index (χ3v) is 13.2. The third-order valence-electron chi connectivity index (χ3n) is 13.2. The van der Waals surface area contributed by atoms with Crippen LogP contribution in [0.3, 0.4) is 0 Å². The zero-order valence-corrected chi connectivity index (χ0v) is 35.4. The van der Waals surface area contributed by atoms with Crippen molar-refractivity contribution in [3.05, 3.63) is 243 Å². The Balaban J connectivity index is 0.977. The second-order valence-electron chi connectivity index (χ2n) is 16.9. The molecule has 11 aromatic carbocycles. The minimum atomic E-state index is 0.880. The Bertz CT molecular complexity index is 3890. The molecule has 0 aliphatic carbocycles. The van der Waals surface area contributed by atoms with Gasteiger partial charge >= 0.3 is 0 Å². The number of hydrogen-bond acceptors (Lipinski definition) is 2. The number of anilines is 3. The molecule has 0 radical (unpaired) electrons. The normalized spacial score (nSPS) is 11.7. The molecule has 0 atom stereocenters. The molecule has 0 saturated carbocycles. The van der Waals surface area contributed by atoms with Crippen LogP contribution < -0.4 is 4.90 Å². The van der Waals surface area contributed by atoms with E-state index in [2.05, 4.69) is 252 Å². The summed E-state index contributed by atoms with van der Waals surface area (Å²) in [6, 6.07) is 87.8. The minimum absolute atomic E-state index is 0.880. The summed E-state index contributed by atoms with van der Waals surface area (Å²) in [6.07, 6.45) is 0. The van der Waals surface area contributed by atoms with Gasteiger partial charge in [0.25, 0.3) is 0 Å². The van der Waals surface area contributed by atoms with Crippen molar-refractivity contribution in [2.24, 2.45) is 0 Å². The van der Waals surface area contributed by atoms with E-state index in [1.54, 1.807) is 0 Å². The van der Waals surface area contributed by atoms with Crippen LogP contribution in [0.1, 0.15) is 0 Å². The molecular formula is C62H40N2O. The second kappa shape index (κ2) is 15.0. The van der Waals surface area contributed by atoms with Crippen LogP contribution in [-0.4, -0.2) is 4.57 Å². The maximum Gasteiger partial charge on any atom is 0.136 e. The van der Waals surface area contributed by atoms with Gasteiger partial charge in [0.2, 0.25) is 0 Å². The number of aromatic nitrogens is 1. The van der Waals surface area contributed by atoms with Crippen LogP contribution in [0, 0.1) is 0 Å². The van der Waals surface area contributed by atoms with Gasteiger partial charge in [-0.25, -0.2) is 0 Å². The van der Waals surface area contributed by atoms with Crippen LogP contribution in [-0.2, 0) is 0 Å². The summed E-state index contributed by atoms with van der Waals surface area (Å²) in [7, 11) is 0. The van der Waals surface area contributed by atoms with E-state index >= 15 is 0 Å². The van der Waals surface area contributed by atoms with Crippen LogP contribution in [0.5, 0.6) is 0 Å². The molecule has 3 nitrogen and oxygen atoms in total. The van der Waals surface area contributed by atoms with Gasteiger partial charge in [-0.15, -0.1) is 0 Å². The Hall–Kier alpha value is -8.66. The zero-order chi connectivity index (χ0) is 42.8. The van der Waals surface area contributed by atoms with Crippen molar-refractivity contribution in [2.45, 2.75) is 0 Å². The van der Waals surface area contributed by atoms with Crippen LogP contribution in [0.25, 0.3) is 104 Å². The number of rotatable bonds is 7. The Kier molecular flexibility index (Phi) is 8.53. The van der Waals surface area contributed by atoms with Gasteiger partial charge in [-0.05, 0) is 116 Å². The predicted octanol–water partition coefficient (Wildman–Crippen LogP) is 17.5.